The lowest BCUT2D eigenvalue weighted by Gasteiger charge is -2.18. The molecule has 0 aromatic carbocycles. The molecule has 0 spiro atoms. The van der Waals surface area contributed by atoms with E-state index in [-0.39, 0.29) is 6.04 Å². The largest absolute Gasteiger partial charge is 0.370 e. The highest BCUT2D eigenvalue weighted by molar-refractivity contribution is 5.50. The number of nitrogens with one attached hydrogen (secondary N) is 1. The minimum Gasteiger partial charge on any atom is -0.370 e. The molecule has 100 valence electrons. The Kier molecular flexibility index (Phi) is 4.01. The zero-order chi connectivity index (χ0) is 13.1. The van der Waals surface area contributed by atoms with Crippen LogP contribution >= 0.6 is 0 Å². The van der Waals surface area contributed by atoms with Crippen LogP contribution in [0.5, 0.6) is 0 Å². The maximum absolute atomic E-state index is 5.94. The quantitative estimate of drug-likeness (QED) is 0.844. The summed E-state index contributed by atoms with van der Waals surface area (Å²) in [5.41, 5.74) is 5.94. The number of anilines is 2. The number of hydrogen-bond donors (Lipinski definition) is 2. The van der Waals surface area contributed by atoms with Gasteiger partial charge in [-0.05, 0) is 19.3 Å². The molecular formula is C13H23N5. The van der Waals surface area contributed by atoms with Crippen LogP contribution in [-0.2, 0) is 0 Å². The molecule has 5 heteroatoms. The van der Waals surface area contributed by atoms with Crippen LogP contribution in [0, 0.1) is 12.8 Å². The first kappa shape index (κ1) is 13.1. The van der Waals surface area contributed by atoms with Crippen molar-refractivity contribution in [1.82, 2.24) is 9.97 Å². The van der Waals surface area contributed by atoms with Crippen LogP contribution in [-0.4, -0.2) is 35.6 Å². The summed E-state index contributed by atoms with van der Waals surface area (Å²) in [5.74, 6) is 3.30. The second-order valence-electron chi connectivity index (χ2n) is 5.43. The van der Waals surface area contributed by atoms with Gasteiger partial charge in [0.1, 0.15) is 17.5 Å². The summed E-state index contributed by atoms with van der Waals surface area (Å²) in [6, 6.07) is 2.29. The smallest absolute Gasteiger partial charge is 0.134 e. The first-order valence-electron chi connectivity index (χ1n) is 6.64. The van der Waals surface area contributed by atoms with Crippen molar-refractivity contribution >= 4 is 11.6 Å². The van der Waals surface area contributed by atoms with Crippen LogP contribution < -0.4 is 16.0 Å². The maximum atomic E-state index is 5.94. The van der Waals surface area contributed by atoms with E-state index >= 15 is 0 Å². The molecule has 1 aliphatic heterocycles. The Balaban J connectivity index is 2.11. The minimum atomic E-state index is 0.271. The standard InChI is InChI=1S/C13H23N5/c1-9(2)7-15-12-6-13(17-10(3)16-12)18-5-4-11(14)8-18/h6,9,11H,4-5,7-8,14H2,1-3H3,(H,15,16,17). The number of nitrogens with zero attached hydrogens (tertiary/aromatic N) is 3. The third-order valence-electron chi connectivity index (χ3n) is 3.06. The van der Waals surface area contributed by atoms with Crippen molar-refractivity contribution in [3.63, 3.8) is 0 Å². The number of rotatable bonds is 4. The summed E-state index contributed by atoms with van der Waals surface area (Å²) in [7, 11) is 0. The van der Waals surface area contributed by atoms with Crippen molar-refractivity contribution in [3.05, 3.63) is 11.9 Å². The number of nitrogens with two attached hydrogens (primary N) is 1. The van der Waals surface area contributed by atoms with Crippen LogP contribution in [0.3, 0.4) is 0 Å². The van der Waals surface area contributed by atoms with Crippen molar-refractivity contribution in [2.24, 2.45) is 11.7 Å². The normalized spacial score (nSPS) is 19.6. The summed E-state index contributed by atoms with van der Waals surface area (Å²) in [6.07, 6.45) is 1.04. The molecule has 1 saturated heterocycles. The van der Waals surface area contributed by atoms with Crippen molar-refractivity contribution < 1.29 is 0 Å². The maximum Gasteiger partial charge on any atom is 0.134 e. The van der Waals surface area contributed by atoms with Gasteiger partial charge in [-0.2, -0.15) is 0 Å². The van der Waals surface area contributed by atoms with Gasteiger partial charge < -0.3 is 16.0 Å². The van der Waals surface area contributed by atoms with E-state index in [1.165, 1.54) is 0 Å². The van der Waals surface area contributed by atoms with Gasteiger partial charge in [-0.15, -0.1) is 0 Å². The van der Waals surface area contributed by atoms with Crippen LogP contribution in [0.15, 0.2) is 6.07 Å². The number of aromatic nitrogens is 2. The van der Waals surface area contributed by atoms with Crippen LogP contribution in [0.1, 0.15) is 26.1 Å². The summed E-state index contributed by atoms with van der Waals surface area (Å²) in [5, 5.41) is 3.35. The van der Waals surface area contributed by atoms with Crippen molar-refractivity contribution in [2.75, 3.05) is 29.9 Å². The predicted octanol–water partition coefficient (Wildman–Crippen LogP) is 1.39. The topological polar surface area (TPSA) is 67.1 Å². The Bertz CT molecular complexity index is 404. The first-order chi connectivity index (χ1) is 8.54. The summed E-state index contributed by atoms with van der Waals surface area (Å²) in [4.78, 5) is 11.1. The lowest BCUT2D eigenvalue weighted by atomic mass is 10.2. The third kappa shape index (κ3) is 3.32. The van der Waals surface area contributed by atoms with Gasteiger partial charge in [-0.1, -0.05) is 13.8 Å². The highest BCUT2D eigenvalue weighted by Crippen LogP contribution is 2.20. The van der Waals surface area contributed by atoms with Gasteiger partial charge in [0, 0.05) is 31.7 Å². The molecule has 2 heterocycles. The Morgan fingerprint density at radius 1 is 1.50 bits per heavy atom. The Labute approximate surface area is 109 Å². The minimum absolute atomic E-state index is 0.271. The first-order valence-corrected chi connectivity index (χ1v) is 6.64. The zero-order valence-electron chi connectivity index (χ0n) is 11.5. The van der Waals surface area contributed by atoms with E-state index in [4.69, 9.17) is 5.73 Å². The molecule has 1 unspecified atom stereocenters. The van der Waals surface area contributed by atoms with E-state index in [0.29, 0.717) is 5.92 Å². The van der Waals surface area contributed by atoms with E-state index in [0.717, 1.165) is 43.5 Å². The molecule has 0 bridgehead atoms. The molecule has 1 atom stereocenters. The van der Waals surface area contributed by atoms with Crippen molar-refractivity contribution in [1.29, 1.82) is 0 Å². The number of hydrogen-bond acceptors (Lipinski definition) is 5. The molecule has 0 amide bonds. The summed E-state index contributed by atoms with van der Waals surface area (Å²) in [6.45, 7) is 9.10. The molecule has 5 nitrogen and oxygen atoms in total. The molecule has 1 aromatic rings. The number of aryl methyl sites for hydroxylation is 1. The van der Waals surface area contributed by atoms with Crippen molar-refractivity contribution in [2.45, 2.75) is 33.2 Å². The van der Waals surface area contributed by atoms with E-state index in [2.05, 4.69) is 34.0 Å². The highest BCUT2D eigenvalue weighted by atomic mass is 15.2. The van der Waals surface area contributed by atoms with Gasteiger partial charge >= 0.3 is 0 Å². The monoisotopic (exact) mass is 249 g/mol. The second-order valence-corrected chi connectivity index (χ2v) is 5.43. The molecule has 0 radical (unpaired) electrons. The second kappa shape index (κ2) is 5.52. The fourth-order valence-electron chi connectivity index (χ4n) is 2.11. The average molecular weight is 249 g/mol. The molecular weight excluding hydrogens is 226 g/mol. The van der Waals surface area contributed by atoms with E-state index in [1.54, 1.807) is 0 Å². The van der Waals surface area contributed by atoms with Gasteiger partial charge in [-0.25, -0.2) is 9.97 Å². The van der Waals surface area contributed by atoms with E-state index in [9.17, 15) is 0 Å². The molecule has 2 rings (SSSR count). The molecule has 0 saturated carbocycles. The fraction of sp³-hybridized carbons (Fsp3) is 0.692. The lowest BCUT2D eigenvalue weighted by Crippen LogP contribution is -2.27. The molecule has 1 fully saturated rings. The SMILES string of the molecule is Cc1nc(NCC(C)C)cc(N2CCC(N)C2)n1. The predicted molar refractivity (Wildman–Crippen MR) is 74.9 cm³/mol. The summed E-state index contributed by atoms with van der Waals surface area (Å²) >= 11 is 0. The zero-order valence-corrected chi connectivity index (χ0v) is 11.5. The highest BCUT2D eigenvalue weighted by Gasteiger charge is 2.20. The van der Waals surface area contributed by atoms with Gasteiger partial charge in [0.15, 0.2) is 0 Å². The summed E-state index contributed by atoms with van der Waals surface area (Å²) < 4.78 is 0. The lowest BCUT2D eigenvalue weighted by molar-refractivity contribution is 0.686. The Hall–Kier alpha value is -1.36. The third-order valence-corrected chi connectivity index (χ3v) is 3.06. The van der Waals surface area contributed by atoms with Crippen LogP contribution in [0.25, 0.3) is 0 Å². The van der Waals surface area contributed by atoms with E-state index in [1.807, 2.05) is 13.0 Å². The Morgan fingerprint density at radius 2 is 2.28 bits per heavy atom. The Morgan fingerprint density at radius 3 is 2.89 bits per heavy atom. The van der Waals surface area contributed by atoms with Gasteiger partial charge in [0.25, 0.3) is 0 Å². The van der Waals surface area contributed by atoms with E-state index < -0.39 is 0 Å². The van der Waals surface area contributed by atoms with Crippen LogP contribution in [0.4, 0.5) is 11.6 Å². The van der Waals surface area contributed by atoms with Crippen molar-refractivity contribution in [3.8, 4) is 0 Å². The average Bonchev–Trinajstić information content (AvgIpc) is 2.72. The molecule has 1 aromatic heterocycles. The molecule has 3 N–H and O–H groups in total. The molecule has 0 aliphatic carbocycles. The van der Waals surface area contributed by atoms with Crippen LogP contribution in [0.2, 0.25) is 0 Å². The van der Waals surface area contributed by atoms with Gasteiger partial charge in [-0.3, -0.25) is 0 Å². The molecule has 18 heavy (non-hydrogen) atoms. The van der Waals surface area contributed by atoms with Gasteiger partial charge in [0.2, 0.25) is 0 Å². The molecule has 1 aliphatic rings. The van der Waals surface area contributed by atoms with Gasteiger partial charge in [0.05, 0.1) is 0 Å². The fourth-order valence-corrected chi connectivity index (χ4v) is 2.11.